The molecule has 0 aliphatic carbocycles. The highest BCUT2D eigenvalue weighted by Crippen LogP contribution is 2.18. The summed E-state index contributed by atoms with van der Waals surface area (Å²) in [6, 6.07) is 0. The number of amides is 1. The van der Waals surface area contributed by atoms with E-state index in [9.17, 15) is 4.79 Å². The Morgan fingerprint density at radius 3 is 2.75 bits per heavy atom. The molecule has 1 amide bonds. The minimum Gasteiger partial charge on any atom is -0.351 e. The van der Waals surface area contributed by atoms with Gasteiger partial charge in [-0.25, -0.2) is 0 Å². The maximum absolute atomic E-state index is 11.7. The van der Waals surface area contributed by atoms with Crippen LogP contribution in [0.2, 0.25) is 0 Å². The number of nitrogens with zero attached hydrogens (tertiary/aromatic N) is 1. The van der Waals surface area contributed by atoms with Crippen LogP contribution in [0.1, 0.15) is 47.9 Å². The summed E-state index contributed by atoms with van der Waals surface area (Å²) in [5, 5.41) is 9.75. The Hall–Kier alpha value is -1.36. The monoisotopic (exact) mass is 224 g/mol. The second-order valence-corrected chi connectivity index (χ2v) is 4.16. The summed E-state index contributed by atoms with van der Waals surface area (Å²) in [4.78, 5) is 11.7. The van der Waals surface area contributed by atoms with E-state index in [1.807, 2.05) is 6.92 Å². The van der Waals surface area contributed by atoms with Gasteiger partial charge in [-0.2, -0.15) is 5.10 Å². The summed E-state index contributed by atoms with van der Waals surface area (Å²) in [7, 11) is 0. The van der Waals surface area contributed by atoms with Gasteiger partial charge in [-0.1, -0.05) is 13.8 Å². The molecule has 1 aromatic rings. The first-order valence-electron chi connectivity index (χ1n) is 5.61. The minimum absolute atomic E-state index is 0.130. The van der Waals surface area contributed by atoms with Crippen molar-refractivity contribution in [3.8, 4) is 0 Å². The molecule has 5 nitrogen and oxygen atoms in total. The summed E-state index contributed by atoms with van der Waals surface area (Å²) >= 11 is 0. The van der Waals surface area contributed by atoms with E-state index in [4.69, 9.17) is 5.73 Å². The van der Waals surface area contributed by atoms with Crippen molar-refractivity contribution < 1.29 is 4.79 Å². The number of aromatic nitrogens is 2. The van der Waals surface area contributed by atoms with E-state index in [1.165, 1.54) is 0 Å². The van der Waals surface area contributed by atoms with Crippen LogP contribution in [-0.2, 0) is 0 Å². The van der Waals surface area contributed by atoms with Gasteiger partial charge in [0, 0.05) is 17.8 Å². The Morgan fingerprint density at radius 1 is 1.56 bits per heavy atom. The highest BCUT2D eigenvalue weighted by atomic mass is 16.1. The van der Waals surface area contributed by atoms with Crippen LogP contribution >= 0.6 is 0 Å². The van der Waals surface area contributed by atoms with Crippen LogP contribution in [0.3, 0.4) is 0 Å². The molecule has 0 spiro atoms. The highest BCUT2D eigenvalue weighted by Gasteiger charge is 2.17. The fourth-order valence-electron chi connectivity index (χ4n) is 1.58. The first-order chi connectivity index (χ1) is 7.57. The normalized spacial score (nSPS) is 10.8. The van der Waals surface area contributed by atoms with Gasteiger partial charge in [0.2, 0.25) is 0 Å². The number of hydrogen-bond donors (Lipinski definition) is 3. The van der Waals surface area contributed by atoms with Gasteiger partial charge in [0.1, 0.15) is 0 Å². The molecule has 0 saturated carbocycles. The number of hydrogen-bond acceptors (Lipinski definition) is 3. The SMILES string of the molecule is Cc1c(C(=O)NCCCN)n[nH]c1C(C)C. The van der Waals surface area contributed by atoms with E-state index in [-0.39, 0.29) is 5.91 Å². The third-order valence-electron chi connectivity index (χ3n) is 2.51. The second kappa shape index (κ2) is 5.65. The number of nitrogens with two attached hydrogens (primary N) is 1. The van der Waals surface area contributed by atoms with Gasteiger partial charge < -0.3 is 11.1 Å². The molecule has 0 fully saturated rings. The Labute approximate surface area is 95.8 Å². The standard InChI is InChI=1S/C11H20N4O/c1-7(2)9-8(3)10(15-14-9)11(16)13-6-4-5-12/h7H,4-6,12H2,1-3H3,(H,13,16)(H,14,15). The van der Waals surface area contributed by atoms with Crippen molar-refractivity contribution in [2.45, 2.75) is 33.1 Å². The molecule has 4 N–H and O–H groups in total. The maximum Gasteiger partial charge on any atom is 0.272 e. The number of rotatable bonds is 5. The third-order valence-corrected chi connectivity index (χ3v) is 2.51. The van der Waals surface area contributed by atoms with E-state index in [2.05, 4.69) is 29.4 Å². The topological polar surface area (TPSA) is 83.8 Å². The van der Waals surface area contributed by atoms with Gasteiger partial charge in [0.15, 0.2) is 5.69 Å². The Bertz CT molecular complexity index is 357. The zero-order valence-corrected chi connectivity index (χ0v) is 10.1. The first kappa shape index (κ1) is 12.7. The Morgan fingerprint density at radius 2 is 2.25 bits per heavy atom. The molecule has 0 aromatic carbocycles. The number of aromatic amines is 1. The molecule has 0 aliphatic heterocycles. The molecule has 0 unspecified atom stereocenters. The average molecular weight is 224 g/mol. The summed E-state index contributed by atoms with van der Waals surface area (Å²) in [5.41, 5.74) is 7.79. The number of nitrogens with one attached hydrogen (secondary N) is 2. The molecule has 0 aliphatic rings. The van der Waals surface area contributed by atoms with Crippen LogP contribution < -0.4 is 11.1 Å². The van der Waals surface area contributed by atoms with Crippen LogP contribution in [0, 0.1) is 6.92 Å². The molecule has 0 bridgehead atoms. The molecule has 1 rings (SSSR count). The fraction of sp³-hybridized carbons (Fsp3) is 0.636. The van der Waals surface area contributed by atoms with Gasteiger partial charge >= 0.3 is 0 Å². The minimum atomic E-state index is -0.130. The largest absolute Gasteiger partial charge is 0.351 e. The number of H-pyrrole nitrogens is 1. The molecule has 0 atom stereocenters. The fourth-order valence-corrected chi connectivity index (χ4v) is 1.58. The number of carbonyl (C=O) groups excluding carboxylic acids is 1. The van der Waals surface area contributed by atoms with Gasteiger partial charge in [-0.3, -0.25) is 9.89 Å². The molecule has 5 heteroatoms. The first-order valence-corrected chi connectivity index (χ1v) is 5.61. The van der Waals surface area contributed by atoms with Gasteiger partial charge in [0.05, 0.1) is 0 Å². The van der Waals surface area contributed by atoms with Crippen molar-refractivity contribution in [2.24, 2.45) is 5.73 Å². The molecule has 0 saturated heterocycles. The van der Waals surface area contributed by atoms with Crippen molar-refractivity contribution >= 4 is 5.91 Å². The Balaban J connectivity index is 2.69. The summed E-state index contributed by atoms with van der Waals surface area (Å²) in [5.74, 6) is 0.215. The predicted molar refractivity (Wildman–Crippen MR) is 63.4 cm³/mol. The van der Waals surface area contributed by atoms with Crippen molar-refractivity contribution in [3.05, 3.63) is 17.0 Å². The summed E-state index contributed by atoms with van der Waals surface area (Å²) in [6.45, 7) is 7.22. The van der Waals surface area contributed by atoms with Crippen LogP contribution in [0.4, 0.5) is 0 Å². The van der Waals surface area contributed by atoms with Crippen molar-refractivity contribution in [1.29, 1.82) is 0 Å². The van der Waals surface area contributed by atoms with Crippen LogP contribution in [0.5, 0.6) is 0 Å². The zero-order chi connectivity index (χ0) is 12.1. The molecule has 16 heavy (non-hydrogen) atoms. The predicted octanol–water partition coefficient (Wildman–Crippen LogP) is 0.920. The van der Waals surface area contributed by atoms with E-state index >= 15 is 0 Å². The lowest BCUT2D eigenvalue weighted by Crippen LogP contribution is -2.26. The quantitative estimate of drug-likeness (QED) is 0.650. The molecule has 90 valence electrons. The lowest BCUT2D eigenvalue weighted by molar-refractivity contribution is 0.0948. The van der Waals surface area contributed by atoms with Gasteiger partial charge in [-0.15, -0.1) is 0 Å². The second-order valence-electron chi connectivity index (χ2n) is 4.16. The molecule has 1 aromatic heterocycles. The average Bonchev–Trinajstić information content (AvgIpc) is 2.60. The molecular formula is C11H20N4O. The molecule has 0 radical (unpaired) electrons. The zero-order valence-electron chi connectivity index (χ0n) is 10.1. The van der Waals surface area contributed by atoms with E-state index in [0.29, 0.717) is 24.7 Å². The van der Waals surface area contributed by atoms with Gasteiger partial charge in [0.25, 0.3) is 5.91 Å². The smallest absolute Gasteiger partial charge is 0.272 e. The van der Waals surface area contributed by atoms with Crippen molar-refractivity contribution in [1.82, 2.24) is 15.5 Å². The van der Waals surface area contributed by atoms with Crippen molar-refractivity contribution in [3.63, 3.8) is 0 Å². The third kappa shape index (κ3) is 2.82. The van der Waals surface area contributed by atoms with Crippen molar-refractivity contribution in [2.75, 3.05) is 13.1 Å². The number of carbonyl (C=O) groups is 1. The lowest BCUT2D eigenvalue weighted by Gasteiger charge is -2.04. The van der Waals surface area contributed by atoms with E-state index in [1.54, 1.807) is 0 Å². The highest BCUT2D eigenvalue weighted by molar-refractivity contribution is 5.93. The summed E-state index contributed by atoms with van der Waals surface area (Å²) < 4.78 is 0. The van der Waals surface area contributed by atoms with Crippen LogP contribution in [0.25, 0.3) is 0 Å². The maximum atomic E-state index is 11.7. The van der Waals surface area contributed by atoms with Gasteiger partial charge in [-0.05, 0) is 25.8 Å². The molecule has 1 heterocycles. The van der Waals surface area contributed by atoms with Crippen LogP contribution in [0.15, 0.2) is 0 Å². The Kier molecular flexibility index (Phi) is 4.49. The van der Waals surface area contributed by atoms with E-state index in [0.717, 1.165) is 17.7 Å². The lowest BCUT2D eigenvalue weighted by atomic mass is 10.1. The summed E-state index contributed by atoms with van der Waals surface area (Å²) in [6.07, 6.45) is 0.784. The van der Waals surface area contributed by atoms with Crippen LogP contribution in [-0.4, -0.2) is 29.2 Å². The molecular weight excluding hydrogens is 204 g/mol. The van der Waals surface area contributed by atoms with E-state index < -0.39 is 0 Å².